The molecule has 0 N–H and O–H groups in total. The van der Waals surface area contributed by atoms with Gasteiger partial charge in [0.1, 0.15) is 11.6 Å². The monoisotopic (exact) mass is 298 g/mol. The third-order valence-electron chi connectivity index (χ3n) is 3.19. The van der Waals surface area contributed by atoms with E-state index in [1.807, 2.05) is 23.9 Å². The first kappa shape index (κ1) is 14.5. The predicted octanol–water partition coefficient (Wildman–Crippen LogP) is 3.58. The van der Waals surface area contributed by atoms with E-state index in [0.717, 1.165) is 35.6 Å². The van der Waals surface area contributed by atoms with E-state index in [9.17, 15) is 0 Å². The van der Waals surface area contributed by atoms with Crippen LogP contribution in [0.15, 0.2) is 18.2 Å². The molecule has 0 fully saturated rings. The lowest BCUT2D eigenvalue weighted by Gasteiger charge is -2.13. The van der Waals surface area contributed by atoms with E-state index in [-0.39, 0.29) is 0 Å². The number of fused-ring (bicyclic) bond motifs is 1. The van der Waals surface area contributed by atoms with Gasteiger partial charge in [-0.2, -0.15) is 11.8 Å². The maximum atomic E-state index is 5.88. The van der Waals surface area contributed by atoms with E-state index in [0.29, 0.717) is 11.1 Å². The number of imidazole rings is 1. The van der Waals surface area contributed by atoms with Crippen LogP contribution in [0.1, 0.15) is 12.7 Å². The van der Waals surface area contributed by atoms with E-state index in [2.05, 4.69) is 28.8 Å². The quantitative estimate of drug-likeness (QED) is 0.763. The van der Waals surface area contributed by atoms with E-state index in [1.165, 1.54) is 0 Å². The molecule has 0 aliphatic carbocycles. The summed E-state index contributed by atoms with van der Waals surface area (Å²) in [4.78, 5) is 4.69. The second-order valence-corrected chi connectivity index (χ2v) is 6.13. The molecule has 0 radical (unpaired) electrons. The normalized spacial score (nSPS) is 12.8. The Morgan fingerprint density at radius 2 is 2.26 bits per heavy atom. The number of aromatic nitrogens is 2. The number of ether oxygens (including phenoxy) is 1. The molecular formula is C14H19ClN2OS. The lowest BCUT2D eigenvalue weighted by atomic mass is 10.3. The minimum Gasteiger partial charge on any atom is -0.497 e. The molecule has 2 rings (SSSR count). The van der Waals surface area contributed by atoms with Gasteiger partial charge >= 0.3 is 0 Å². The highest BCUT2D eigenvalue weighted by atomic mass is 35.5. The third-order valence-corrected chi connectivity index (χ3v) is 4.34. The lowest BCUT2D eigenvalue weighted by molar-refractivity contribution is 0.415. The number of aryl methyl sites for hydroxylation is 1. The molecule has 1 atom stereocenters. The van der Waals surface area contributed by atoms with Crippen molar-refractivity contribution in [2.75, 3.05) is 19.2 Å². The van der Waals surface area contributed by atoms with Crippen molar-refractivity contribution in [1.82, 2.24) is 9.55 Å². The van der Waals surface area contributed by atoms with Crippen molar-refractivity contribution >= 4 is 34.4 Å². The molecule has 0 aliphatic rings. The van der Waals surface area contributed by atoms with E-state index < -0.39 is 0 Å². The van der Waals surface area contributed by atoms with Crippen LogP contribution < -0.4 is 4.74 Å². The van der Waals surface area contributed by atoms with Gasteiger partial charge in [0.15, 0.2) is 0 Å². The summed E-state index contributed by atoms with van der Waals surface area (Å²) in [6.07, 6.45) is 2.92. The van der Waals surface area contributed by atoms with Gasteiger partial charge in [0.25, 0.3) is 0 Å². The summed E-state index contributed by atoms with van der Waals surface area (Å²) in [5, 5.41) is 0.550. The van der Waals surface area contributed by atoms with Crippen LogP contribution in [0.5, 0.6) is 5.75 Å². The average Bonchev–Trinajstić information content (AvgIpc) is 2.76. The fraction of sp³-hybridized carbons (Fsp3) is 0.500. The molecule has 1 aromatic heterocycles. The molecule has 1 heterocycles. The molecule has 3 nitrogen and oxygen atoms in total. The molecule has 0 saturated heterocycles. The number of methoxy groups -OCH3 is 1. The smallest absolute Gasteiger partial charge is 0.121 e. The van der Waals surface area contributed by atoms with Crippen LogP contribution in [-0.4, -0.2) is 34.0 Å². The first-order valence-corrected chi connectivity index (χ1v) is 8.13. The van der Waals surface area contributed by atoms with Crippen molar-refractivity contribution in [3.8, 4) is 5.75 Å². The van der Waals surface area contributed by atoms with Crippen LogP contribution in [-0.2, 0) is 13.0 Å². The van der Waals surface area contributed by atoms with Gasteiger partial charge in [-0.25, -0.2) is 4.98 Å². The third kappa shape index (κ3) is 3.18. The second kappa shape index (κ2) is 6.53. The number of alkyl halides is 1. The van der Waals surface area contributed by atoms with Crippen molar-refractivity contribution in [2.24, 2.45) is 0 Å². The molecule has 19 heavy (non-hydrogen) atoms. The van der Waals surface area contributed by atoms with Crippen LogP contribution in [0.2, 0.25) is 0 Å². The molecule has 0 spiro atoms. The molecule has 2 aromatic rings. The van der Waals surface area contributed by atoms with Crippen LogP contribution in [0.25, 0.3) is 11.0 Å². The molecular weight excluding hydrogens is 280 g/mol. The van der Waals surface area contributed by atoms with Gasteiger partial charge in [-0.1, -0.05) is 6.92 Å². The summed E-state index contributed by atoms with van der Waals surface area (Å²) >= 11 is 7.74. The van der Waals surface area contributed by atoms with Gasteiger partial charge < -0.3 is 9.30 Å². The Morgan fingerprint density at radius 1 is 1.47 bits per heavy atom. The number of nitrogens with zero attached hydrogens (tertiary/aromatic N) is 2. The Kier molecular flexibility index (Phi) is 4.99. The Bertz CT molecular complexity index is 556. The molecule has 0 bridgehead atoms. The van der Waals surface area contributed by atoms with Gasteiger partial charge in [0.05, 0.1) is 18.1 Å². The number of rotatable bonds is 6. The summed E-state index contributed by atoms with van der Waals surface area (Å²) in [6, 6.07) is 6.04. The lowest BCUT2D eigenvalue weighted by Crippen LogP contribution is -2.12. The van der Waals surface area contributed by atoms with E-state index >= 15 is 0 Å². The zero-order valence-electron chi connectivity index (χ0n) is 11.5. The minimum atomic E-state index is 0.550. The van der Waals surface area contributed by atoms with Gasteiger partial charge in [0.2, 0.25) is 0 Å². The van der Waals surface area contributed by atoms with Crippen LogP contribution in [0, 0.1) is 0 Å². The largest absolute Gasteiger partial charge is 0.497 e. The number of hydrogen-bond donors (Lipinski definition) is 0. The highest BCUT2D eigenvalue weighted by molar-refractivity contribution is 7.99. The Morgan fingerprint density at radius 3 is 2.89 bits per heavy atom. The highest BCUT2D eigenvalue weighted by Crippen LogP contribution is 2.23. The average molecular weight is 299 g/mol. The minimum absolute atomic E-state index is 0.550. The van der Waals surface area contributed by atoms with Crippen molar-refractivity contribution in [2.45, 2.75) is 25.1 Å². The van der Waals surface area contributed by atoms with Gasteiger partial charge in [-0.3, -0.25) is 0 Å². The molecule has 1 unspecified atom stereocenters. The van der Waals surface area contributed by atoms with Gasteiger partial charge in [0, 0.05) is 30.2 Å². The van der Waals surface area contributed by atoms with Crippen LogP contribution in [0.4, 0.5) is 0 Å². The number of hydrogen-bond acceptors (Lipinski definition) is 3. The van der Waals surface area contributed by atoms with Gasteiger partial charge in [-0.15, -0.1) is 11.6 Å². The number of halogens is 1. The van der Waals surface area contributed by atoms with Crippen molar-refractivity contribution in [3.63, 3.8) is 0 Å². The zero-order valence-corrected chi connectivity index (χ0v) is 13.1. The standard InChI is InChI=1S/C14H19ClN2OS/c1-10(19-3)9-17-13-5-4-11(18-2)8-12(13)16-14(17)6-7-15/h4-5,8,10H,6-7,9H2,1-3H3. The molecule has 5 heteroatoms. The Labute approximate surface area is 123 Å². The molecule has 0 saturated carbocycles. The molecule has 104 valence electrons. The number of thioether (sulfide) groups is 1. The molecule has 1 aromatic carbocycles. The van der Waals surface area contributed by atoms with Gasteiger partial charge in [-0.05, 0) is 18.4 Å². The fourth-order valence-corrected chi connectivity index (χ4v) is 2.56. The molecule has 0 amide bonds. The number of benzene rings is 1. The maximum absolute atomic E-state index is 5.88. The van der Waals surface area contributed by atoms with E-state index in [1.54, 1.807) is 7.11 Å². The van der Waals surface area contributed by atoms with Crippen molar-refractivity contribution in [3.05, 3.63) is 24.0 Å². The van der Waals surface area contributed by atoms with Crippen molar-refractivity contribution in [1.29, 1.82) is 0 Å². The SMILES string of the molecule is COc1ccc2c(c1)nc(CCCl)n2CC(C)SC. The summed E-state index contributed by atoms with van der Waals surface area (Å²) in [5.74, 6) is 2.49. The first-order valence-electron chi connectivity index (χ1n) is 6.31. The summed E-state index contributed by atoms with van der Waals surface area (Å²) in [5.41, 5.74) is 2.13. The predicted molar refractivity (Wildman–Crippen MR) is 83.7 cm³/mol. The fourth-order valence-electron chi connectivity index (χ4n) is 2.10. The Balaban J connectivity index is 2.47. The maximum Gasteiger partial charge on any atom is 0.121 e. The second-order valence-electron chi connectivity index (χ2n) is 4.48. The Hall–Kier alpha value is -0.870. The van der Waals surface area contributed by atoms with Crippen LogP contribution >= 0.6 is 23.4 Å². The summed E-state index contributed by atoms with van der Waals surface area (Å²) in [6.45, 7) is 3.18. The highest BCUT2D eigenvalue weighted by Gasteiger charge is 2.13. The summed E-state index contributed by atoms with van der Waals surface area (Å²) < 4.78 is 7.53. The van der Waals surface area contributed by atoms with Crippen LogP contribution in [0.3, 0.4) is 0 Å². The topological polar surface area (TPSA) is 27.1 Å². The first-order chi connectivity index (χ1) is 9.19. The summed E-state index contributed by atoms with van der Waals surface area (Å²) in [7, 11) is 1.67. The van der Waals surface area contributed by atoms with E-state index in [4.69, 9.17) is 16.3 Å². The molecule has 0 aliphatic heterocycles. The van der Waals surface area contributed by atoms with Crippen molar-refractivity contribution < 1.29 is 4.74 Å². The zero-order chi connectivity index (χ0) is 13.8.